The molecule has 0 aromatic heterocycles. The third kappa shape index (κ3) is 1.02. The molecule has 1 aliphatic heterocycles. The second kappa shape index (κ2) is 2.49. The van der Waals surface area contributed by atoms with Crippen molar-refractivity contribution in [1.29, 1.82) is 0 Å². The van der Waals surface area contributed by atoms with Crippen molar-refractivity contribution in [3.05, 3.63) is 23.9 Å². The van der Waals surface area contributed by atoms with Gasteiger partial charge in [-0.1, -0.05) is 6.08 Å². The van der Waals surface area contributed by atoms with Crippen LogP contribution < -0.4 is 5.32 Å². The second-order valence-electron chi connectivity index (χ2n) is 1.79. The van der Waals surface area contributed by atoms with E-state index in [1.165, 1.54) is 0 Å². The molecule has 0 saturated heterocycles. The van der Waals surface area contributed by atoms with Crippen LogP contribution in [0.1, 0.15) is 6.92 Å². The smallest absolute Gasteiger partial charge is 0.131 e. The summed E-state index contributed by atoms with van der Waals surface area (Å²) in [6, 6.07) is 0. The molecule has 0 bridgehead atoms. The molecule has 0 aromatic carbocycles. The van der Waals surface area contributed by atoms with Gasteiger partial charge in [0.15, 0.2) is 0 Å². The van der Waals surface area contributed by atoms with E-state index in [9.17, 15) is 0 Å². The summed E-state index contributed by atoms with van der Waals surface area (Å²) in [5, 5.41) is 3.01. The van der Waals surface area contributed by atoms with Crippen LogP contribution in [0.2, 0.25) is 0 Å². The molecular formula is C7H10N2. The molecule has 9 heavy (non-hydrogen) atoms. The predicted octanol–water partition coefficient (Wildman–Crippen LogP) is 1.08. The SMILES string of the molecule is C/C=C1/C=CNC1=NC. The zero-order valence-corrected chi connectivity index (χ0v) is 5.68. The highest BCUT2D eigenvalue weighted by Crippen LogP contribution is 2.03. The predicted molar refractivity (Wildman–Crippen MR) is 39.4 cm³/mol. The molecule has 1 N–H and O–H groups in total. The van der Waals surface area contributed by atoms with E-state index in [4.69, 9.17) is 0 Å². The number of amidine groups is 1. The van der Waals surface area contributed by atoms with E-state index in [0.717, 1.165) is 11.4 Å². The first-order valence-corrected chi connectivity index (χ1v) is 2.95. The first-order chi connectivity index (χ1) is 4.38. The maximum absolute atomic E-state index is 4.01. The van der Waals surface area contributed by atoms with E-state index in [1.54, 1.807) is 7.05 Å². The lowest BCUT2D eigenvalue weighted by molar-refractivity contribution is 1.27. The summed E-state index contributed by atoms with van der Waals surface area (Å²) in [6.07, 6.45) is 5.92. The number of rotatable bonds is 0. The number of nitrogens with zero attached hydrogens (tertiary/aromatic N) is 1. The molecule has 0 aliphatic carbocycles. The van der Waals surface area contributed by atoms with Crippen molar-refractivity contribution in [3.63, 3.8) is 0 Å². The molecule has 2 heteroatoms. The molecule has 1 aliphatic rings. The summed E-state index contributed by atoms with van der Waals surface area (Å²) in [5.74, 6) is 0.956. The van der Waals surface area contributed by atoms with E-state index >= 15 is 0 Å². The van der Waals surface area contributed by atoms with E-state index in [1.807, 2.05) is 25.3 Å². The molecule has 0 atom stereocenters. The zero-order valence-electron chi connectivity index (χ0n) is 5.68. The number of nitrogens with one attached hydrogen (secondary N) is 1. The van der Waals surface area contributed by atoms with Crippen LogP contribution in [0.3, 0.4) is 0 Å². The Labute approximate surface area is 55.0 Å². The minimum atomic E-state index is 0.956. The van der Waals surface area contributed by atoms with Crippen molar-refractivity contribution in [2.75, 3.05) is 7.05 Å². The third-order valence-electron chi connectivity index (χ3n) is 1.29. The van der Waals surface area contributed by atoms with E-state index < -0.39 is 0 Å². The maximum Gasteiger partial charge on any atom is 0.131 e. The Morgan fingerprint density at radius 3 is 2.89 bits per heavy atom. The van der Waals surface area contributed by atoms with E-state index in [0.29, 0.717) is 0 Å². The lowest BCUT2D eigenvalue weighted by atomic mass is 10.2. The standard InChI is InChI=1S/C7H10N2/c1-3-6-4-5-9-7(6)8-2/h3-5H,1-2H3,(H,8,9)/b6-3-. The van der Waals surface area contributed by atoms with Gasteiger partial charge in [-0.2, -0.15) is 0 Å². The van der Waals surface area contributed by atoms with Gasteiger partial charge in [-0.05, 0) is 13.0 Å². The van der Waals surface area contributed by atoms with Crippen LogP contribution in [0.15, 0.2) is 28.9 Å². The van der Waals surface area contributed by atoms with Gasteiger partial charge in [0.2, 0.25) is 0 Å². The third-order valence-corrected chi connectivity index (χ3v) is 1.29. The molecule has 0 unspecified atom stereocenters. The Bertz CT molecular complexity index is 187. The first kappa shape index (κ1) is 6.08. The lowest BCUT2D eigenvalue weighted by Crippen LogP contribution is -2.12. The minimum absolute atomic E-state index is 0.956. The Morgan fingerprint density at radius 2 is 2.44 bits per heavy atom. The highest BCUT2D eigenvalue weighted by molar-refractivity contribution is 6.03. The van der Waals surface area contributed by atoms with Gasteiger partial charge in [0, 0.05) is 18.8 Å². The molecule has 0 spiro atoms. The largest absolute Gasteiger partial charge is 0.346 e. The van der Waals surface area contributed by atoms with Crippen LogP contribution >= 0.6 is 0 Å². The topological polar surface area (TPSA) is 24.4 Å². The van der Waals surface area contributed by atoms with Crippen molar-refractivity contribution in [1.82, 2.24) is 5.32 Å². The molecule has 1 rings (SSSR count). The van der Waals surface area contributed by atoms with E-state index in [2.05, 4.69) is 10.3 Å². The summed E-state index contributed by atoms with van der Waals surface area (Å²) in [5.41, 5.74) is 1.16. The Morgan fingerprint density at radius 1 is 1.67 bits per heavy atom. The maximum atomic E-state index is 4.01. The van der Waals surface area contributed by atoms with Gasteiger partial charge in [0.05, 0.1) is 0 Å². The highest BCUT2D eigenvalue weighted by atomic mass is 15.0. The average molecular weight is 122 g/mol. The Kier molecular flexibility index (Phi) is 1.68. The molecule has 0 aromatic rings. The molecule has 0 saturated carbocycles. The average Bonchev–Trinajstić information content (AvgIpc) is 2.33. The van der Waals surface area contributed by atoms with Crippen molar-refractivity contribution < 1.29 is 0 Å². The van der Waals surface area contributed by atoms with Gasteiger partial charge < -0.3 is 5.32 Å². The molecular weight excluding hydrogens is 112 g/mol. The molecule has 1 heterocycles. The normalized spacial score (nSPS) is 25.6. The van der Waals surface area contributed by atoms with Crippen LogP contribution in [0.4, 0.5) is 0 Å². The van der Waals surface area contributed by atoms with E-state index in [-0.39, 0.29) is 0 Å². The zero-order chi connectivity index (χ0) is 6.69. The monoisotopic (exact) mass is 122 g/mol. The van der Waals surface area contributed by atoms with Gasteiger partial charge in [0.1, 0.15) is 5.84 Å². The van der Waals surface area contributed by atoms with Crippen LogP contribution in [0.5, 0.6) is 0 Å². The number of allylic oxidation sites excluding steroid dienone is 1. The summed E-state index contributed by atoms with van der Waals surface area (Å²) < 4.78 is 0. The number of aliphatic imine (C=N–C) groups is 1. The van der Waals surface area contributed by atoms with Gasteiger partial charge in [-0.15, -0.1) is 0 Å². The van der Waals surface area contributed by atoms with Crippen LogP contribution in [0, 0.1) is 0 Å². The van der Waals surface area contributed by atoms with Crippen molar-refractivity contribution in [2.24, 2.45) is 4.99 Å². The van der Waals surface area contributed by atoms with Gasteiger partial charge in [-0.25, -0.2) is 0 Å². The lowest BCUT2D eigenvalue weighted by Gasteiger charge is -1.94. The summed E-state index contributed by atoms with van der Waals surface area (Å²) in [4.78, 5) is 4.01. The molecule has 48 valence electrons. The Balaban J connectivity index is 2.84. The minimum Gasteiger partial charge on any atom is -0.346 e. The van der Waals surface area contributed by atoms with Gasteiger partial charge in [0.25, 0.3) is 0 Å². The van der Waals surface area contributed by atoms with Crippen LogP contribution in [-0.4, -0.2) is 12.9 Å². The Hall–Kier alpha value is -1.05. The van der Waals surface area contributed by atoms with Crippen molar-refractivity contribution in [3.8, 4) is 0 Å². The summed E-state index contributed by atoms with van der Waals surface area (Å²) in [6.45, 7) is 2.00. The number of hydrogen-bond donors (Lipinski definition) is 1. The quantitative estimate of drug-likeness (QED) is 0.510. The number of hydrogen-bond acceptors (Lipinski definition) is 1. The van der Waals surface area contributed by atoms with Crippen LogP contribution in [0.25, 0.3) is 0 Å². The van der Waals surface area contributed by atoms with Gasteiger partial charge >= 0.3 is 0 Å². The molecule has 2 nitrogen and oxygen atoms in total. The fourth-order valence-electron chi connectivity index (χ4n) is 0.799. The summed E-state index contributed by atoms with van der Waals surface area (Å²) >= 11 is 0. The molecule has 0 fully saturated rings. The fourth-order valence-corrected chi connectivity index (χ4v) is 0.799. The van der Waals surface area contributed by atoms with Crippen molar-refractivity contribution in [2.45, 2.75) is 6.92 Å². The highest BCUT2D eigenvalue weighted by Gasteiger charge is 2.03. The first-order valence-electron chi connectivity index (χ1n) is 2.95. The second-order valence-corrected chi connectivity index (χ2v) is 1.79. The molecule has 0 amide bonds. The van der Waals surface area contributed by atoms with Gasteiger partial charge in [-0.3, -0.25) is 4.99 Å². The van der Waals surface area contributed by atoms with Crippen molar-refractivity contribution >= 4 is 5.84 Å². The molecule has 0 radical (unpaired) electrons. The fraction of sp³-hybridized carbons (Fsp3) is 0.286. The van der Waals surface area contributed by atoms with Crippen LogP contribution in [-0.2, 0) is 0 Å². The summed E-state index contributed by atoms with van der Waals surface area (Å²) in [7, 11) is 1.78.